The molecule has 0 fully saturated rings. The molecule has 0 amide bonds. The third kappa shape index (κ3) is 45.3. The smallest absolute Gasteiger partial charge is 0.457 e. The van der Waals surface area contributed by atoms with E-state index < -0.39 is 13.9 Å². The molecule has 0 saturated heterocycles. The van der Waals surface area contributed by atoms with Crippen molar-refractivity contribution in [1.82, 2.24) is 0 Å². The minimum Gasteiger partial charge on any atom is -0.457 e. The van der Waals surface area contributed by atoms with Crippen molar-refractivity contribution >= 4 is 13.8 Å². The Labute approximate surface area is 357 Å². The summed E-state index contributed by atoms with van der Waals surface area (Å²) in [5, 5.41) is 0. The normalized spacial score (nSPS) is 13.9. The van der Waals surface area contributed by atoms with Gasteiger partial charge >= 0.3 is 13.8 Å². The quantitative estimate of drug-likeness (QED) is 0.0269. The molecule has 0 aromatic carbocycles. The average molecular weight is 836 g/mol. The lowest BCUT2D eigenvalue weighted by molar-refractivity contribution is -0.154. The van der Waals surface area contributed by atoms with E-state index >= 15 is 0 Å². The van der Waals surface area contributed by atoms with Gasteiger partial charge in [0.1, 0.15) is 6.10 Å². The molecule has 0 heterocycles. The van der Waals surface area contributed by atoms with Crippen LogP contribution in [0.25, 0.3) is 0 Å². The molecule has 0 aliphatic carbocycles. The molecule has 0 aromatic heterocycles. The summed E-state index contributed by atoms with van der Waals surface area (Å²) in [6.07, 6.45) is 56.7. The summed E-state index contributed by atoms with van der Waals surface area (Å²) < 4.78 is 33.5. The second-order valence-corrected chi connectivity index (χ2v) is 17.1. The fourth-order valence-corrected chi connectivity index (χ4v) is 7.26. The number of carbonyl (C=O) groups excluding carboxylic acids is 1. The van der Waals surface area contributed by atoms with Crippen molar-refractivity contribution in [3.8, 4) is 0 Å². The van der Waals surface area contributed by atoms with Gasteiger partial charge in [0.25, 0.3) is 0 Å². The van der Waals surface area contributed by atoms with Crippen molar-refractivity contribution in [3.63, 3.8) is 0 Å². The van der Waals surface area contributed by atoms with Gasteiger partial charge < -0.3 is 20.1 Å². The summed E-state index contributed by atoms with van der Waals surface area (Å²) in [7, 11) is -4.28. The summed E-state index contributed by atoms with van der Waals surface area (Å²) in [4.78, 5) is 22.5. The maximum Gasteiger partial charge on any atom is 0.472 e. The number of ether oxygens (including phenoxy) is 2. The molecule has 0 bridgehead atoms. The number of unbranched alkanes of at least 4 members (excludes halogenated alkanes) is 22. The lowest BCUT2D eigenvalue weighted by atomic mass is 10.0. The minimum absolute atomic E-state index is 0.0976. The fourth-order valence-electron chi connectivity index (χ4n) is 6.49. The van der Waals surface area contributed by atoms with Crippen molar-refractivity contribution in [2.24, 2.45) is 5.73 Å². The number of carbonyl (C=O) groups is 1. The zero-order chi connectivity index (χ0) is 42.3. The summed E-state index contributed by atoms with van der Waals surface area (Å²) in [6.45, 7) is 4.82. The zero-order valence-corrected chi connectivity index (χ0v) is 38.4. The van der Waals surface area contributed by atoms with Crippen molar-refractivity contribution < 1.29 is 32.8 Å². The van der Waals surface area contributed by atoms with E-state index in [-0.39, 0.29) is 32.3 Å². The highest BCUT2D eigenvalue weighted by atomic mass is 31.2. The number of rotatable bonds is 45. The third-order valence-corrected chi connectivity index (χ3v) is 10.9. The molecule has 338 valence electrons. The summed E-state index contributed by atoms with van der Waals surface area (Å²) in [5.74, 6) is -0.336. The maximum absolute atomic E-state index is 12.6. The van der Waals surface area contributed by atoms with Crippen molar-refractivity contribution in [2.75, 3.05) is 33.0 Å². The average Bonchev–Trinajstić information content (AvgIpc) is 3.21. The molecule has 0 saturated carbocycles. The van der Waals surface area contributed by atoms with Crippen LogP contribution in [0.3, 0.4) is 0 Å². The van der Waals surface area contributed by atoms with Gasteiger partial charge in [-0.05, 0) is 57.8 Å². The Bertz CT molecular complexity index is 1070. The van der Waals surface area contributed by atoms with Crippen LogP contribution in [0.1, 0.15) is 206 Å². The highest BCUT2D eigenvalue weighted by Crippen LogP contribution is 2.43. The van der Waals surface area contributed by atoms with Gasteiger partial charge in [-0.15, -0.1) is 0 Å². The van der Waals surface area contributed by atoms with E-state index in [1.54, 1.807) is 0 Å². The van der Waals surface area contributed by atoms with E-state index in [1.165, 1.54) is 116 Å². The van der Waals surface area contributed by atoms with Crippen LogP contribution < -0.4 is 5.73 Å². The Hall–Kier alpha value is -1.80. The monoisotopic (exact) mass is 836 g/mol. The number of allylic oxidation sites excluding steroid dienone is 10. The second kappa shape index (κ2) is 46.3. The number of phosphoric acid groups is 1. The molecule has 0 radical (unpaired) electrons. The van der Waals surface area contributed by atoms with E-state index in [0.29, 0.717) is 13.0 Å². The summed E-state index contributed by atoms with van der Waals surface area (Å²) in [6, 6.07) is 0. The van der Waals surface area contributed by atoms with Gasteiger partial charge in [-0.3, -0.25) is 13.8 Å². The van der Waals surface area contributed by atoms with E-state index in [2.05, 4.69) is 74.6 Å². The van der Waals surface area contributed by atoms with Gasteiger partial charge in [-0.1, -0.05) is 203 Å². The number of esters is 1. The first-order valence-electron chi connectivity index (χ1n) is 23.8. The van der Waals surface area contributed by atoms with Crippen molar-refractivity contribution in [1.29, 1.82) is 0 Å². The molecule has 0 rings (SSSR count). The fraction of sp³-hybridized carbons (Fsp3) is 0.776. The summed E-state index contributed by atoms with van der Waals surface area (Å²) >= 11 is 0. The maximum atomic E-state index is 12.6. The molecular formula is C49H90NO7P. The molecular weight excluding hydrogens is 746 g/mol. The highest BCUT2D eigenvalue weighted by Gasteiger charge is 2.25. The van der Waals surface area contributed by atoms with E-state index in [1.807, 2.05) is 0 Å². The Kier molecular flexibility index (Phi) is 44.8. The molecule has 9 heteroatoms. The zero-order valence-electron chi connectivity index (χ0n) is 37.5. The Morgan fingerprint density at radius 1 is 0.534 bits per heavy atom. The van der Waals surface area contributed by atoms with Crippen molar-refractivity contribution in [2.45, 2.75) is 213 Å². The largest absolute Gasteiger partial charge is 0.472 e. The molecule has 0 spiro atoms. The molecule has 0 aliphatic rings. The SMILES string of the molecule is CC/C=C\C/C=C\C/C=C\C/C=C\C/C=C\CCCCCCCCCCCC(=O)OC(COCCCCCCCCCCCCCCCC)COP(=O)(O)OCCN. The van der Waals surface area contributed by atoms with Gasteiger partial charge in [0.15, 0.2) is 0 Å². The topological polar surface area (TPSA) is 117 Å². The van der Waals surface area contributed by atoms with Crippen LogP contribution in [0.4, 0.5) is 0 Å². The van der Waals surface area contributed by atoms with Gasteiger partial charge in [-0.2, -0.15) is 0 Å². The highest BCUT2D eigenvalue weighted by molar-refractivity contribution is 7.47. The molecule has 8 nitrogen and oxygen atoms in total. The van der Waals surface area contributed by atoms with Crippen LogP contribution in [0.2, 0.25) is 0 Å². The van der Waals surface area contributed by atoms with E-state index in [0.717, 1.165) is 70.6 Å². The first-order chi connectivity index (χ1) is 28.4. The third-order valence-electron chi connectivity index (χ3n) is 9.95. The molecule has 0 aliphatic heterocycles. The Morgan fingerprint density at radius 3 is 1.45 bits per heavy atom. The molecule has 0 aromatic rings. The van der Waals surface area contributed by atoms with Crippen LogP contribution >= 0.6 is 7.82 Å². The van der Waals surface area contributed by atoms with Crippen LogP contribution in [0, 0.1) is 0 Å². The summed E-state index contributed by atoms with van der Waals surface area (Å²) in [5.41, 5.74) is 5.38. The number of nitrogens with two attached hydrogens (primary N) is 1. The van der Waals surface area contributed by atoms with Crippen LogP contribution in [0.15, 0.2) is 60.8 Å². The van der Waals surface area contributed by atoms with Crippen LogP contribution in [-0.2, 0) is 27.9 Å². The molecule has 2 atom stereocenters. The number of hydrogen-bond acceptors (Lipinski definition) is 7. The van der Waals surface area contributed by atoms with Crippen LogP contribution in [-0.4, -0.2) is 49.9 Å². The van der Waals surface area contributed by atoms with Gasteiger partial charge in [0.05, 0.1) is 19.8 Å². The Balaban J connectivity index is 3.97. The number of hydrogen-bond donors (Lipinski definition) is 2. The molecule has 2 unspecified atom stereocenters. The standard InChI is InChI=1S/C49H90NO7P/c1-3-5-7-9-11-13-15-17-19-20-21-22-23-24-25-26-27-28-29-30-32-34-36-38-40-42-49(51)57-48(47-56-58(52,53)55-45-43-50)46-54-44-41-39-37-35-33-31-18-16-14-12-10-8-6-4-2/h5,7,11,13,17,19,21-22,24-25,48H,3-4,6,8-10,12,14-16,18,20,23,26-47,50H2,1-2H3,(H,52,53)/b7-5-,13-11-,19-17-,22-21-,25-24-. The van der Waals surface area contributed by atoms with Gasteiger partial charge in [0.2, 0.25) is 0 Å². The van der Waals surface area contributed by atoms with Crippen molar-refractivity contribution in [3.05, 3.63) is 60.8 Å². The second-order valence-electron chi connectivity index (χ2n) is 15.6. The Morgan fingerprint density at radius 2 is 0.966 bits per heavy atom. The predicted molar refractivity (Wildman–Crippen MR) is 247 cm³/mol. The minimum atomic E-state index is -4.28. The first kappa shape index (κ1) is 56.2. The van der Waals surface area contributed by atoms with Crippen LogP contribution in [0.5, 0.6) is 0 Å². The van der Waals surface area contributed by atoms with E-state index in [4.69, 9.17) is 24.3 Å². The van der Waals surface area contributed by atoms with Gasteiger partial charge in [0, 0.05) is 19.6 Å². The lowest BCUT2D eigenvalue weighted by Gasteiger charge is -2.20. The number of phosphoric ester groups is 1. The molecule has 58 heavy (non-hydrogen) atoms. The predicted octanol–water partition coefficient (Wildman–Crippen LogP) is 14.5. The molecule has 3 N–H and O–H groups in total. The van der Waals surface area contributed by atoms with Gasteiger partial charge in [-0.25, -0.2) is 4.57 Å². The first-order valence-corrected chi connectivity index (χ1v) is 25.3. The van der Waals surface area contributed by atoms with E-state index in [9.17, 15) is 14.3 Å². The lowest BCUT2D eigenvalue weighted by Crippen LogP contribution is -2.28.